The lowest BCUT2D eigenvalue weighted by atomic mass is 10.0. The molecular formula is C48H92O6. The van der Waals surface area contributed by atoms with E-state index in [0.29, 0.717) is 19.3 Å². The van der Waals surface area contributed by atoms with Crippen LogP contribution in [0, 0.1) is 5.92 Å². The predicted octanol–water partition coefficient (Wildman–Crippen LogP) is 15.1. The Morgan fingerprint density at radius 2 is 0.611 bits per heavy atom. The lowest BCUT2D eigenvalue weighted by molar-refractivity contribution is -0.167. The molecule has 0 spiro atoms. The molecule has 0 radical (unpaired) electrons. The van der Waals surface area contributed by atoms with Crippen LogP contribution in [-0.4, -0.2) is 37.2 Å². The van der Waals surface area contributed by atoms with Gasteiger partial charge in [-0.05, 0) is 25.2 Å². The van der Waals surface area contributed by atoms with Crippen molar-refractivity contribution in [3.8, 4) is 0 Å². The summed E-state index contributed by atoms with van der Waals surface area (Å²) in [6.45, 7) is 8.94. The summed E-state index contributed by atoms with van der Waals surface area (Å²) in [4.78, 5) is 37.5. The van der Waals surface area contributed by atoms with Gasteiger partial charge < -0.3 is 14.2 Å². The minimum atomic E-state index is -0.757. The number of unbranched alkanes of at least 4 members (excludes halogenated alkanes) is 30. The minimum Gasteiger partial charge on any atom is -0.462 e. The third kappa shape index (κ3) is 41.6. The van der Waals surface area contributed by atoms with E-state index in [-0.39, 0.29) is 31.1 Å². The Morgan fingerprint density at radius 1 is 0.352 bits per heavy atom. The molecule has 0 aliphatic heterocycles. The second kappa shape index (κ2) is 42.6. The molecule has 0 aromatic carbocycles. The molecule has 0 amide bonds. The Kier molecular flexibility index (Phi) is 41.3. The number of ether oxygens (including phenoxy) is 3. The van der Waals surface area contributed by atoms with Crippen LogP contribution in [0.2, 0.25) is 0 Å². The van der Waals surface area contributed by atoms with E-state index in [1.807, 2.05) is 0 Å². The molecule has 0 bridgehead atoms. The Bertz CT molecular complexity index is 811. The van der Waals surface area contributed by atoms with E-state index < -0.39 is 6.10 Å². The van der Waals surface area contributed by atoms with Gasteiger partial charge >= 0.3 is 17.9 Å². The number of hydrogen-bond acceptors (Lipinski definition) is 6. The highest BCUT2D eigenvalue weighted by Gasteiger charge is 2.19. The van der Waals surface area contributed by atoms with Crippen molar-refractivity contribution in [1.82, 2.24) is 0 Å². The maximum atomic E-state index is 12.5. The highest BCUT2D eigenvalue weighted by atomic mass is 16.6. The Balaban J connectivity index is 4.10. The van der Waals surface area contributed by atoms with Crippen molar-refractivity contribution < 1.29 is 28.6 Å². The SMILES string of the molecule is CCCCCCCCCCCCCCCCCC(=O)OC[C@@H](COC(=O)CCCCCCCCCCCCCCCC(C)C)OC(=O)CCCCCCC. The van der Waals surface area contributed by atoms with Gasteiger partial charge in [-0.3, -0.25) is 14.4 Å². The van der Waals surface area contributed by atoms with Gasteiger partial charge in [0.1, 0.15) is 13.2 Å². The first-order chi connectivity index (χ1) is 26.4. The standard InChI is InChI=1S/C48H92O6/c1-5-7-9-11-12-13-14-15-16-19-22-25-28-32-35-39-46(49)52-42-45(54-48(51)41-37-30-10-8-6-2)43-53-47(50)40-36-33-29-26-23-20-17-18-21-24-27-31-34-38-44(3)4/h44-45H,5-43H2,1-4H3/t45-/m0/s1. The predicted molar refractivity (Wildman–Crippen MR) is 229 cm³/mol. The van der Waals surface area contributed by atoms with Crippen molar-refractivity contribution in [3.05, 3.63) is 0 Å². The van der Waals surface area contributed by atoms with Crippen LogP contribution in [0.1, 0.15) is 265 Å². The summed E-state index contributed by atoms with van der Waals surface area (Å²) in [5.41, 5.74) is 0. The quantitative estimate of drug-likeness (QED) is 0.0349. The molecule has 0 aromatic rings. The molecule has 0 aromatic heterocycles. The van der Waals surface area contributed by atoms with E-state index in [0.717, 1.165) is 70.1 Å². The number of carbonyl (C=O) groups is 3. The molecule has 0 aliphatic rings. The largest absolute Gasteiger partial charge is 0.462 e. The monoisotopic (exact) mass is 765 g/mol. The molecule has 6 nitrogen and oxygen atoms in total. The fraction of sp³-hybridized carbons (Fsp3) is 0.938. The molecule has 0 saturated heterocycles. The van der Waals surface area contributed by atoms with Crippen molar-refractivity contribution in [2.24, 2.45) is 5.92 Å². The van der Waals surface area contributed by atoms with E-state index in [1.54, 1.807) is 0 Å². The van der Waals surface area contributed by atoms with Crippen LogP contribution < -0.4 is 0 Å². The van der Waals surface area contributed by atoms with Gasteiger partial charge in [0, 0.05) is 19.3 Å². The van der Waals surface area contributed by atoms with E-state index >= 15 is 0 Å². The third-order valence-corrected chi connectivity index (χ3v) is 10.8. The average Bonchev–Trinajstić information content (AvgIpc) is 3.15. The molecule has 0 unspecified atom stereocenters. The fourth-order valence-electron chi connectivity index (χ4n) is 7.16. The minimum absolute atomic E-state index is 0.0648. The van der Waals surface area contributed by atoms with Gasteiger partial charge in [0.2, 0.25) is 0 Å². The van der Waals surface area contributed by atoms with Crippen LogP contribution >= 0.6 is 0 Å². The highest BCUT2D eigenvalue weighted by Crippen LogP contribution is 2.16. The molecule has 0 heterocycles. The summed E-state index contributed by atoms with van der Waals surface area (Å²) in [5, 5.41) is 0. The molecule has 0 aliphatic carbocycles. The maximum Gasteiger partial charge on any atom is 0.306 e. The summed E-state index contributed by atoms with van der Waals surface area (Å²) >= 11 is 0. The zero-order valence-corrected chi connectivity index (χ0v) is 36.7. The zero-order valence-electron chi connectivity index (χ0n) is 36.7. The molecule has 320 valence electrons. The number of carbonyl (C=O) groups excluding carboxylic acids is 3. The van der Waals surface area contributed by atoms with Crippen LogP contribution in [0.5, 0.6) is 0 Å². The van der Waals surface area contributed by atoms with Gasteiger partial charge in [0.15, 0.2) is 6.10 Å². The van der Waals surface area contributed by atoms with Crippen molar-refractivity contribution in [2.75, 3.05) is 13.2 Å². The first kappa shape index (κ1) is 52.4. The van der Waals surface area contributed by atoms with Gasteiger partial charge in [-0.1, -0.05) is 227 Å². The molecule has 0 saturated carbocycles. The lowest BCUT2D eigenvalue weighted by Gasteiger charge is -2.18. The van der Waals surface area contributed by atoms with Crippen molar-refractivity contribution >= 4 is 17.9 Å². The molecule has 6 heteroatoms. The smallest absolute Gasteiger partial charge is 0.306 e. The van der Waals surface area contributed by atoms with E-state index in [4.69, 9.17) is 14.2 Å². The van der Waals surface area contributed by atoms with Crippen LogP contribution in [0.3, 0.4) is 0 Å². The van der Waals surface area contributed by atoms with Crippen molar-refractivity contribution in [3.63, 3.8) is 0 Å². The van der Waals surface area contributed by atoms with Crippen LogP contribution in [0.25, 0.3) is 0 Å². The number of rotatable bonds is 43. The van der Waals surface area contributed by atoms with Crippen LogP contribution in [-0.2, 0) is 28.6 Å². The van der Waals surface area contributed by atoms with Gasteiger partial charge in [-0.15, -0.1) is 0 Å². The average molecular weight is 765 g/mol. The lowest BCUT2D eigenvalue weighted by Crippen LogP contribution is -2.30. The molecule has 0 N–H and O–H groups in total. The summed E-state index contributed by atoms with van der Waals surface area (Å²) in [6, 6.07) is 0. The maximum absolute atomic E-state index is 12.5. The molecule has 54 heavy (non-hydrogen) atoms. The second-order valence-corrected chi connectivity index (χ2v) is 16.9. The van der Waals surface area contributed by atoms with Gasteiger partial charge in [-0.2, -0.15) is 0 Å². The fourth-order valence-corrected chi connectivity index (χ4v) is 7.16. The Hall–Kier alpha value is -1.59. The normalized spacial score (nSPS) is 11.9. The number of hydrogen-bond donors (Lipinski definition) is 0. The van der Waals surface area contributed by atoms with Gasteiger partial charge in [-0.25, -0.2) is 0 Å². The number of esters is 3. The molecule has 0 rings (SSSR count). The van der Waals surface area contributed by atoms with E-state index in [9.17, 15) is 14.4 Å². The van der Waals surface area contributed by atoms with Crippen LogP contribution in [0.15, 0.2) is 0 Å². The molecule has 1 atom stereocenters. The Morgan fingerprint density at radius 3 is 0.907 bits per heavy atom. The molecular weight excluding hydrogens is 673 g/mol. The van der Waals surface area contributed by atoms with Crippen LogP contribution in [0.4, 0.5) is 0 Å². The second-order valence-electron chi connectivity index (χ2n) is 16.9. The summed E-state index contributed by atoms with van der Waals surface area (Å²) in [7, 11) is 0. The topological polar surface area (TPSA) is 78.9 Å². The summed E-state index contributed by atoms with van der Waals surface area (Å²) < 4.78 is 16.6. The van der Waals surface area contributed by atoms with Crippen molar-refractivity contribution in [1.29, 1.82) is 0 Å². The molecule has 0 fully saturated rings. The van der Waals surface area contributed by atoms with E-state index in [2.05, 4.69) is 27.7 Å². The van der Waals surface area contributed by atoms with E-state index in [1.165, 1.54) is 154 Å². The van der Waals surface area contributed by atoms with Crippen molar-refractivity contribution in [2.45, 2.75) is 271 Å². The first-order valence-electron chi connectivity index (χ1n) is 23.9. The summed E-state index contributed by atoms with van der Waals surface area (Å²) in [6.07, 6.45) is 42.6. The zero-order chi connectivity index (χ0) is 39.6. The third-order valence-electron chi connectivity index (χ3n) is 10.8. The highest BCUT2D eigenvalue weighted by molar-refractivity contribution is 5.71. The Labute approximate surface area is 336 Å². The first-order valence-corrected chi connectivity index (χ1v) is 23.9. The summed E-state index contributed by atoms with van der Waals surface area (Å²) in [5.74, 6) is -0.0251. The van der Waals surface area contributed by atoms with Gasteiger partial charge in [0.05, 0.1) is 0 Å². The van der Waals surface area contributed by atoms with Gasteiger partial charge in [0.25, 0.3) is 0 Å².